The van der Waals surface area contributed by atoms with E-state index in [0.717, 1.165) is 11.1 Å². The van der Waals surface area contributed by atoms with Gasteiger partial charge in [-0.1, -0.05) is 0 Å². The van der Waals surface area contributed by atoms with Crippen molar-refractivity contribution in [1.82, 2.24) is 0 Å². The summed E-state index contributed by atoms with van der Waals surface area (Å²) in [6.45, 7) is 0.208. The highest BCUT2D eigenvalue weighted by Gasteiger charge is 2.08. The van der Waals surface area contributed by atoms with Crippen molar-refractivity contribution in [1.29, 1.82) is 0 Å². The highest BCUT2D eigenvalue weighted by atomic mass is 32.3. The van der Waals surface area contributed by atoms with E-state index in [1.54, 1.807) is 29.5 Å². The first kappa shape index (κ1) is 12.7. The lowest BCUT2D eigenvalue weighted by Gasteiger charge is -1.99. The van der Waals surface area contributed by atoms with Crippen LogP contribution in [0.5, 0.6) is 0 Å². The topological polar surface area (TPSA) is 80.6 Å². The molecule has 0 aliphatic carbocycles. The van der Waals surface area contributed by atoms with Crippen LogP contribution in [-0.2, 0) is 21.1 Å². The highest BCUT2D eigenvalue weighted by Crippen LogP contribution is 2.17. The van der Waals surface area contributed by atoms with Crippen molar-refractivity contribution in [2.24, 2.45) is 0 Å². The van der Waals surface area contributed by atoms with E-state index in [0.29, 0.717) is 6.54 Å². The molecule has 0 radical (unpaired) electrons. The molecular formula is C11H12NO5S+. The van der Waals surface area contributed by atoms with Gasteiger partial charge in [-0.15, -0.1) is 0 Å². The fraction of sp³-hybridized carbons (Fsp3) is 0.182. The van der Waals surface area contributed by atoms with Crippen molar-refractivity contribution in [2.75, 3.05) is 6.61 Å². The van der Waals surface area contributed by atoms with Crippen LogP contribution in [0.3, 0.4) is 0 Å². The number of furan rings is 1. The first-order valence-electron chi connectivity index (χ1n) is 5.18. The van der Waals surface area contributed by atoms with Crippen molar-refractivity contribution >= 4 is 10.4 Å². The van der Waals surface area contributed by atoms with E-state index in [4.69, 9.17) is 8.97 Å². The van der Waals surface area contributed by atoms with E-state index in [9.17, 15) is 8.42 Å². The summed E-state index contributed by atoms with van der Waals surface area (Å²) >= 11 is 0. The zero-order valence-electron chi connectivity index (χ0n) is 9.39. The van der Waals surface area contributed by atoms with Crippen LogP contribution in [0.2, 0.25) is 0 Å². The molecule has 2 aromatic rings. The molecule has 0 saturated carbocycles. The van der Waals surface area contributed by atoms with Gasteiger partial charge in [0.2, 0.25) is 0 Å². The summed E-state index contributed by atoms with van der Waals surface area (Å²) in [5, 5.41) is 0. The number of aromatic nitrogens is 1. The molecule has 7 heteroatoms. The standard InChI is InChI=1S/C11H11NO5S/c13-18(14,15)17-8-6-12-4-1-10(2-5-12)11-3-7-16-9-11/h1-5,7,9H,6,8H2/p+1. The second-order valence-corrected chi connectivity index (χ2v) is 4.68. The lowest BCUT2D eigenvalue weighted by molar-refractivity contribution is -0.697. The molecule has 0 saturated heterocycles. The second-order valence-electron chi connectivity index (χ2n) is 3.59. The number of hydrogen-bond acceptors (Lipinski definition) is 4. The van der Waals surface area contributed by atoms with Gasteiger partial charge in [0.1, 0.15) is 6.61 Å². The van der Waals surface area contributed by atoms with Crippen molar-refractivity contribution < 1.29 is 26.1 Å². The van der Waals surface area contributed by atoms with Crippen molar-refractivity contribution in [3.8, 4) is 11.1 Å². The SMILES string of the molecule is O=S(=O)(O)OCC[n+]1ccc(-c2ccoc2)cc1. The highest BCUT2D eigenvalue weighted by molar-refractivity contribution is 7.80. The van der Waals surface area contributed by atoms with Gasteiger partial charge in [0.15, 0.2) is 18.9 Å². The number of hydrogen-bond donors (Lipinski definition) is 1. The Morgan fingerprint density at radius 1 is 1.22 bits per heavy atom. The van der Waals surface area contributed by atoms with E-state index >= 15 is 0 Å². The predicted octanol–water partition coefficient (Wildman–Crippen LogP) is 1.05. The second kappa shape index (κ2) is 5.30. The molecule has 0 aromatic carbocycles. The van der Waals surface area contributed by atoms with Crippen LogP contribution in [0.15, 0.2) is 47.5 Å². The Kier molecular flexibility index (Phi) is 3.75. The average molecular weight is 270 g/mol. The van der Waals surface area contributed by atoms with Gasteiger partial charge < -0.3 is 4.42 Å². The summed E-state index contributed by atoms with van der Waals surface area (Å²) in [6.07, 6.45) is 6.81. The molecule has 2 aromatic heterocycles. The van der Waals surface area contributed by atoms with Gasteiger partial charge >= 0.3 is 10.4 Å². The maximum Gasteiger partial charge on any atom is 0.397 e. The third-order valence-corrected chi connectivity index (χ3v) is 2.79. The fourth-order valence-electron chi connectivity index (χ4n) is 1.48. The van der Waals surface area contributed by atoms with E-state index in [2.05, 4.69) is 4.18 Å². The quantitative estimate of drug-likeness (QED) is 0.649. The van der Waals surface area contributed by atoms with Crippen LogP contribution in [-0.4, -0.2) is 19.6 Å². The molecule has 18 heavy (non-hydrogen) atoms. The molecule has 0 aliphatic heterocycles. The number of pyridine rings is 1. The zero-order chi connectivity index (χ0) is 13.0. The Labute approximate surface area is 104 Å². The smallest absolute Gasteiger partial charge is 0.397 e. The summed E-state index contributed by atoms with van der Waals surface area (Å²) in [5.41, 5.74) is 1.96. The van der Waals surface area contributed by atoms with E-state index in [1.165, 1.54) is 0 Å². The van der Waals surface area contributed by atoms with Crippen molar-refractivity contribution in [2.45, 2.75) is 6.54 Å². The van der Waals surface area contributed by atoms with Gasteiger partial charge in [-0.3, -0.25) is 4.55 Å². The van der Waals surface area contributed by atoms with Crippen LogP contribution >= 0.6 is 0 Å². The monoisotopic (exact) mass is 270 g/mol. The van der Waals surface area contributed by atoms with Crippen LogP contribution in [0, 0.1) is 0 Å². The van der Waals surface area contributed by atoms with E-state index in [1.807, 2.05) is 18.2 Å². The summed E-state index contributed by atoms with van der Waals surface area (Å²) in [4.78, 5) is 0. The molecule has 0 amide bonds. The minimum atomic E-state index is -4.36. The van der Waals surface area contributed by atoms with Crippen molar-refractivity contribution in [3.63, 3.8) is 0 Å². The average Bonchev–Trinajstić information content (AvgIpc) is 2.82. The normalized spacial score (nSPS) is 11.6. The minimum Gasteiger partial charge on any atom is -0.472 e. The van der Waals surface area contributed by atoms with Gasteiger partial charge in [-0.25, -0.2) is 8.75 Å². The molecule has 6 nitrogen and oxygen atoms in total. The number of nitrogens with zero attached hydrogens (tertiary/aromatic N) is 1. The maximum absolute atomic E-state index is 10.3. The van der Waals surface area contributed by atoms with Gasteiger partial charge in [0.25, 0.3) is 0 Å². The Morgan fingerprint density at radius 2 is 1.94 bits per heavy atom. The molecule has 0 aliphatic rings. The summed E-state index contributed by atoms with van der Waals surface area (Å²) in [6, 6.07) is 5.59. The molecule has 0 bridgehead atoms. The summed E-state index contributed by atoms with van der Waals surface area (Å²) in [5.74, 6) is 0. The van der Waals surface area contributed by atoms with Gasteiger partial charge in [-0.2, -0.15) is 8.42 Å². The summed E-state index contributed by atoms with van der Waals surface area (Å²) < 4.78 is 40.0. The molecule has 1 N–H and O–H groups in total. The molecular weight excluding hydrogens is 258 g/mol. The van der Waals surface area contributed by atoms with Crippen LogP contribution in [0.25, 0.3) is 11.1 Å². The van der Waals surface area contributed by atoms with Crippen LogP contribution < -0.4 is 4.57 Å². The van der Waals surface area contributed by atoms with Crippen molar-refractivity contribution in [3.05, 3.63) is 43.1 Å². The lowest BCUT2D eigenvalue weighted by Crippen LogP contribution is -2.35. The van der Waals surface area contributed by atoms with Crippen LogP contribution in [0.4, 0.5) is 0 Å². The maximum atomic E-state index is 10.3. The fourth-order valence-corrected chi connectivity index (χ4v) is 1.76. The van der Waals surface area contributed by atoms with Gasteiger partial charge in [0.05, 0.1) is 12.5 Å². The van der Waals surface area contributed by atoms with E-state index < -0.39 is 10.4 Å². The Morgan fingerprint density at radius 3 is 2.50 bits per heavy atom. The van der Waals surface area contributed by atoms with Gasteiger partial charge in [-0.05, 0) is 11.6 Å². The van der Waals surface area contributed by atoms with Gasteiger partial charge in [0, 0.05) is 17.7 Å². The molecule has 0 atom stereocenters. The molecule has 0 unspecified atom stereocenters. The largest absolute Gasteiger partial charge is 0.472 e. The van der Waals surface area contributed by atoms with E-state index in [-0.39, 0.29) is 6.61 Å². The molecule has 2 rings (SSSR count). The zero-order valence-corrected chi connectivity index (χ0v) is 10.2. The minimum absolute atomic E-state index is 0.117. The first-order valence-corrected chi connectivity index (χ1v) is 6.55. The predicted molar refractivity (Wildman–Crippen MR) is 61.8 cm³/mol. The molecule has 0 spiro atoms. The molecule has 0 fully saturated rings. The molecule has 2 heterocycles. The Balaban J connectivity index is 1.96. The lowest BCUT2D eigenvalue weighted by atomic mass is 10.1. The molecule has 96 valence electrons. The third-order valence-electron chi connectivity index (χ3n) is 2.33. The third kappa shape index (κ3) is 3.66. The Bertz CT molecular complexity index is 589. The van der Waals surface area contributed by atoms with Crippen LogP contribution in [0.1, 0.15) is 0 Å². The first-order chi connectivity index (χ1) is 8.54. The summed E-state index contributed by atoms with van der Waals surface area (Å²) in [7, 11) is -4.36. The Hall–Kier alpha value is -1.70. The number of rotatable bonds is 5.